The van der Waals surface area contributed by atoms with Crippen molar-refractivity contribution in [2.45, 2.75) is 31.8 Å². The molecule has 0 aromatic heterocycles. The molecule has 3 nitrogen and oxygen atoms in total. The fourth-order valence-corrected chi connectivity index (χ4v) is 3.22. The fraction of sp³-hybridized carbons (Fsp3) is 0.625. The number of nitrogens with zero attached hydrogens (tertiary/aromatic N) is 1. The van der Waals surface area contributed by atoms with E-state index in [2.05, 4.69) is 33.1 Å². The maximum atomic E-state index is 14.2. The van der Waals surface area contributed by atoms with Crippen LogP contribution in [-0.2, 0) is 4.74 Å². The van der Waals surface area contributed by atoms with E-state index in [9.17, 15) is 4.39 Å². The van der Waals surface area contributed by atoms with Gasteiger partial charge in [-0.3, -0.25) is 4.90 Å². The van der Waals surface area contributed by atoms with Gasteiger partial charge >= 0.3 is 0 Å². The van der Waals surface area contributed by atoms with Crippen molar-refractivity contribution in [3.63, 3.8) is 0 Å². The lowest BCUT2D eigenvalue weighted by molar-refractivity contribution is 0.116. The number of nitrogens with one attached hydrogen (secondary N) is 1. The molecule has 2 unspecified atom stereocenters. The molecule has 0 aliphatic carbocycles. The molecule has 1 aromatic rings. The molecular formula is C16H24BrFN2O. The number of halogens is 2. The predicted molar refractivity (Wildman–Crippen MR) is 87.0 cm³/mol. The van der Waals surface area contributed by atoms with Crippen LogP contribution < -0.4 is 5.32 Å². The lowest BCUT2D eigenvalue weighted by Crippen LogP contribution is -2.40. The highest BCUT2D eigenvalue weighted by atomic mass is 79.9. The quantitative estimate of drug-likeness (QED) is 0.808. The van der Waals surface area contributed by atoms with Crippen LogP contribution in [0.15, 0.2) is 22.7 Å². The van der Waals surface area contributed by atoms with Crippen molar-refractivity contribution >= 4 is 15.9 Å². The van der Waals surface area contributed by atoms with Gasteiger partial charge in [0.15, 0.2) is 0 Å². The summed E-state index contributed by atoms with van der Waals surface area (Å²) in [5.74, 6) is -0.154. The molecule has 1 aromatic carbocycles. The van der Waals surface area contributed by atoms with Gasteiger partial charge in [0.2, 0.25) is 0 Å². The van der Waals surface area contributed by atoms with Crippen LogP contribution in [0.5, 0.6) is 0 Å². The average molecular weight is 359 g/mol. The Labute approximate surface area is 135 Å². The Bertz CT molecular complexity index is 452. The Morgan fingerprint density at radius 2 is 2.33 bits per heavy atom. The van der Waals surface area contributed by atoms with Crippen LogP contribution in [0.4, 0.5) is 4.39 Å². The van der Waals surface area contributed by atoms with Gasteiger partial charge in [0.25, 0.3) is 0 Å². The van der Waals surface area contributed by atoms with Gasteiger partial charge in [-0.1, -0.05) is 22.0 Å². The summed E-state index contributed by atoms with van der Waals surface area (Å²) in [6.07, 6.45) is 2.42. The third-order valence-electron chi connectivity index (χ3n) is 4.16. The minimum Gasteiger partial charge on any atom is -0.383 e. The molecule has 0 saturated carbocycles. The molecule has 0 spiro atoms. The normalized spacial score (nSPS) is 20.1. The Kier molecular flexibility index (Phi) is 6.61. The van der Waals surface area contributed by atoms with E-state index in [4.69, 9.17) is 4.74 Å². The number of ether oxygens (including phenoxy) is 1. The Balaban J connectivity index is 2.09. The fourth-order valence-electron chi connectivity index (χ4n) is 2.88. The van der Waals surface area contributed by atoms with Gasteiger partial charge in [-0.2, -0.15) is 0 Å². The molecule has 1 heterocycles. The maximum Gasteiger partial charge on any atom is 0.129 e. The topological polar surface area (TPSA) is 24.5 Å². The van der Waals surface area contributed by atoms with Gasteiger partial charge in [-0.05, 0) is 38.4 Å². The second-order valence-electron chi connectivity index (χ2n) is 5.62. The van der Waals surface area contributed by atoms with Gasteiger partial charge < -0.3 is 10.1 Å². The number of rotatable bonds is 7. The molecule has 5 heteroatoms. The van der Waals surface area contributed by atoms with Crippen LogP contribution in [0.3, 0.4) is 0 Å². The molecule has 2 rings (SSSR count). The molecule has 1 saturated heterocycles. The van der Waals surface area contributed by atoms with Gasteiger partial charge in [-0.25, -0.2) is 4.39 Å². The third-order valence-corrected chi connectivity index (χ3v) is 4.65. The van der Waals surface area contributed by atoms with E-state index in [1.165, 1.54) is 18.9 Å². The molecule has 1 N–H and O–H groups in total. The van der Waals surface area contributed by atoms with E-state index in [1.807, 2.05) is 12.1 Å². The average Bonchev–Trinajstić information content (AvgIpc) is 2.95. The molecule has 2 atom stereocenters. The van der Waals surface area contributed by atoms with Crippen molar-refractivity contribution in [1.82, 2.24) is 10.2 Å². The van der Waals surface area contributed by atoms with Crippen LogP contribution in [0, 0.1) is 5.82 Å². The Hall–Kier alpha value is -0.490. The maximum absolute atomic E-state index is 14.2. The molecule has 1 aliphatic rings. The van der Waals surface area contributed by atoms with Crippen molar-refractivity contribution in [2.75, 3.05) is 33.4 Å². The molecule has 1 aliphatic heterocycles. The largest absolute Gasteiger partial charge is 0.383 e. The van der Waals surface area contributed by atoms with Crippen LogP contribution >= 0.6 is 15.9 Å². The zero-order valence-corrected chi connectivity index (χ0v) is 14.3. The zero-order chi connectivity index (χ0) is 15.2. The van der Waals surface area contributed by atoms with Crippen molar-refractivity contribution < 1.29 is 9.13 Å². The van der Waals surface area contributed by atoms with E-state index in [0.717, 1.165) is 29.7 Å². The summed E-state index contributed by atoms with van der Waals surface area (Å²) in [5, 5.41) is 3.51. The Morgan fingerprint density at radius 1 is 1.52 bits per heavy atom. The van der Waals surface area contributed by atoms with Gasteiger partial charge in [0.05, 0.1) is 6.61 Å². The monoisotopic (exact) mass is 358 g/mol. The minimum atomic E-state index is -0.154. The van der Waals surface area contributed by atoms with Crippen LogP contribution in [-0.4, -0.2) is 44.3 Å². The van der Waals surface area contributed by atoms with E-state index in [1.54, 1.807) is 7.11 Å². The molecule has 0 bridgehead atoms. The first-order valence-corrected chi connectivity index (χ1v) is 8.32. The summed E-state index contributed by atoms with van der Waals surface area (Å²) in [4.78, 5) is 2.30. The SMILES string of the molecule is COCCN(CC1CCCN1)C(C)c1ccc(Br)cc1F. The first-order chi connectivity index (χ1) is 10.1. The van der Waals surface area contributed by atoms with E-state index >= 15 is 0 Å². The van der Waals surface area contributed by atoms with Gasteiger partial charge in [-0.15, -0.1) is 0 Å². The summed E-state index contributed by atoms with van der Waals surface area (Å²) in [7, 11) is 1.71. The third kappa shape index (κ3) is 4.74. The minimum absolute atomic E-state index is 0.0376. The summed E-state index contributed by atoms with van der Waals surface area (Å²) in [5.41, 5.74) is 0.743. The highest BCUT2D eigenvalue weighted by Gasteiger charge is 2.23. The highest BCUT2D eigenvalue weighted by molar-refractivity contribution is 9.10. The van der Waals surface area contributed by atoms with E-state index < -0.39 is 0 Å². The van der Waals surface area contributed by atoms with Gasteiger partial charge in [0.1, 0.15) is 5.82 Å². The summed E-state index contributed by atoms with van der Waals surface area (Å²) >= 11 is 3.31. The second kappa shape index (κ2) is 8.22. The number of benzene rings is 1. The lowest BCUT2D eigenvalue weighted by atomic mass is 10.0. The second-order valence-corrected chi connectivity index (χ2v) is 6.54. The molecule has 1 fully saturated rings. The smallest absolute Gasteiger partial charge is 0.129 e. The Morgan fingerprint density at radius 3 is 2.95 bits per heavy atom. The van der Waals surface area contributed by atoms with Crippen molar-refractivity contribution in [2.24, 2.45) is 0 Å². The first-order valence-electron chi connectivity index (χ1n) is 7.53. The molecule has 21 heavy (non-hydrogen) atoms. The van der Waals surface area contributed by atoms with E-state index in [-0.39, 0.29) is 11.9 Å². The number of methoxy groups -OCH3 is 1. The highest BCUT2D eigenvalue weighted by Crippen LogP contribution is 2.26. The predicted octanol–water partition coefficient (Wildman–Crippen LogP) is 3.35. The molecule has 0 radical (unpaired) electrons. The zero-order valence-electron chi connectivity index (χ0n) is 12.7. The van der Waals surface area contributed by atoms with Crippen molar-refractivity contribution in [3.8, 4) is 0 Å². The van der Waals surface area contributed by atoms with Crippen LogP contribution in [0.1, 0.15) is 31.4 Å². The standard InChI is InChI=1S/C16H24BrFN2O/c1-12(15-6-5-13(17)10-16(15)18)20(8-9-21-2)11-14-4-3-7-19-14/h5-6,10,12,14,19H,3-4,7-9,11H2,1-2H3. The number of hydrogen-bond acceptors (Lipinski definition) is 3. The molecule has 0 amide bonds. The lowest BCUT2D eigenvalue weighted by Gasteiger charge is -2.31. The van der Waals surface area contributed by atoms with Crippen LogP contribution in [0.2, 0.25) is 0 Å². The molecular weight excluding hydrogens is 335 g/mol. The first kappa shape index (κ1) is 16.9. The van der Waals surface area contributed by atoms with Crippen molar-refractivity contribution in [1.29, 1.82) is 0 Å². The van der Waals surface area contributed by atoms with Gasteiger partial charge in [0, 0.05) is 42.3 Å². The van der Waals surface area contributed by atoms with Crippen molar-refractivity contribution in [3.05, 3.63) is 34.1 Å². The summed E-state index contributed by atoms with van der Waals surface area (Å²) in [6, 6.07) is 5.84. The molecule has 118 valence electrons. The summed E-state index contributed by atoms with van der Waals surface area (Å²) in [6.45, 7) is 5.56. The number of hydrogen-bond donors (Lipinski definition) is 1. The van der Waals surface area contributed by atoms with E-state index in [0.29, 0.717) is 12.6 Å². The van der Waals surface area contributed by atoms with Crippen LogP contribution in [0.25, 0.3) is 0 Å². The summed E-state index contributed by atoms with van der Waals surface area (Å²) < 4.78 is 20.2.